The van der Waals surface area contributed by atoms with Crippen molar-refractivity contribution in [3.8, 4) is 0 Å². The highest BCUT2D eigenvalue weighted by Crippen LogP contribution is 2.22. The first-order valence-electron chi connectivity index (χ1n) is 6.65. The molecule has 1 heterocycles. The van der Waals surface area contributed by atoms with Gasteiger partial charge in [-0.25, -0.2) is 9.59 Å². The van der Waals surface area contributed by atoms with Gasteiger partial charge in [-0.1, -0.05) is 19.3 Å². The molecule has 0 aromatic rings. The number of carbonyl (C=O) groups is 2. The summed E-state index contributed by atoms with van der Waals surface area (Å²) in [5, 5.41) is 21.8. The van der Waals surface area contributed by atoms with Gasteiger partial charge in [-0.15, -0.1) is 11.8 Å². The molecule has 3 N–H and O–H groups in total. The largest absolute Gasteiger partial charge is 0.480 e. The number of nitrogens with one attached hydrogen (secondary N) is 1. The Bertz CT molecular complexity index is 353. The Kier molecular flexibility index (Phi) is 4.93. The number of carboxylic acid groups (broad SMARTS) is 1. The van der Waals surface area contributed by atoms with Gasteiger partial charge in [-0.3, -0.25) is 0 Å². The van der Waals surface area contributed by atoms with Crippen molar-refractivity contribution in [3.63, 3.8) is 0 Å². The molecule has 0 aromatic carbocycles. The Labute approximate surface area is 116 Å². The van der Waals surface area contributed by atoms with Crippen molar-refractivity contribution in [3.05, 3.63) is 0 Å². The van der Waals surface area contributed by atoms with E-state index in [1.807, 2.05) is 0 Å². The molecular weight excluding hydrogens is 268 g/mol. The Morgan fingerprint density at radius 1 is 1.21 bits per heavy atom. The SMILES string of the molecule is O=C(O)C1CSCN1C(=O)NC1CCCCCC1O. The highest BCUT2D eigenvalue weighted by Gasteiger charge is 2.36. The van der Waals surface area contributed by atoms with E-state index in [0.717, 1.165) is 25.7 Å². The lowest BCUT2D eigenvalue weighted by Crippen LogP contribution is -2.52. The van der Waals surface area contributed by atoms with Crippen LogP contribution in [0.3, 0.4) is 0 Å². The molecular formula is C12H20N2O4S. The molecule has 2 aliphatic rings. The van der Waals surface area contributed by atoms with E-state index in [1.165, 1.54) is 16.7 Å². The Hall–Kier alpha value is -0.950. The van der Waals surface area contributed by atoms with Crippen LogP contribution in [0.2, 0.25) is 0 Å². The molecule has 2 amide bonds. The van der Waals surface area contributed by atoms with Crippen LogP contribution in [0.25, 0.3) is 0 Å². The number of nitrogens with zero attached hydrogens (tertiary/aromatic N) is 1. The van der Waals surface area contributed by atoms with Gasteiger partial charge in [0.1, 0.15) is 6.04 Å². The second kappa shape index (κ2) is 6.47. The Balaban J connectivity index is 1.94. The summed E-state index contributed by atoms with van der Waals surface area (Å²) >= 11 is 1.44. The highest BCUT2D eigenvalue weighted by atomic mass is 32.2. The molecule has 1 aliphatic carbocycles. The van der Waals surface area contributed by atoms with Gasteiger partial charge in [0.25, 0.3) is 0 Å². The maximum atomic E-state index is 12.1. The first-order valence-corrected chi connectivity index (χ1v) is 7.81. The van der Waals surface area contributed by atoms with E-state index < -0.39 is 18.1 Å². The first-order chi connectivity index (χ1) is 9.09. The number of rotatable bonds is 2. The van der Waals surface area contributed by atoms with E-state index in [2.05, 4.69) is 5.32 Å². The van der Waals surface area contributed by atoms with E-state index in [1.54, 1.807) is 0 Å². The lowest BCUT2D eigenvalue weighted by atomic mass is 10.1. The molecule has 0 bridgehead atoms. The number of hydrogen-bond acceptors (Lipinski definition) is 4. The first kappa shape index (κ1) is 14.5. The average molecular weight is 288 g/mol. The van der Waals surface area contributed by atoms with Crippen molar-refractivity contribution in [2.24, 2.45) is 0 Å². The van der Waals surface area contributed by atoms with E-state index in [-0.39, 0.29) is 12.1 Å². The van der Waals surface area contributed by atoms with Crippen molar-refractivity contribution in [1.29, 1.82) is 0 Å². The molecule has 0 radical (unpaired) electrons. The molecule has 108 valence electrons. The fraction of sp³-hybridized carbons (Fsp3) is 0.833. The number of carboxylic acids is 1. The van der Waals surface area contributed by atoms with Crippen LogP contribution in [0.4, 0.5) is 4.79 Å². The number of aliphatic hydroxyl groups is 1. The number of thioether (sulfide) groups is 1. The van der Waals surface area contributed by atoms with E-state index in [9.17, 15) is 14.7 Å². The standard InChI is InChI=1S/C12H20N2O4S/c15-10-5-3-1-2-4-8(10)13-12(18)14-7-19-6-9(14)11(16)17/h8-10,15H,1-7H2,(H,13,18)(H,16,17). The molecule has 2 rings (SSSR count). The summed E-state index contributed by atoms with van der Waals surface area (Å²) in [4.78, 5) is 24.5. The third-order valence-electron chi connectivity index (χ3n) is 3.72. The van der Waals surface area contributed by atoms with Crippen molar-refractivity contribution in [1.82, 2.24) is 10.2 Å². The Morgan fingerprint density at radius 3 is 2.68 bits per heavy atom. The van der Waals surface area contributed by atoms with Crippen molar-refractivity contribution >= 4 is 23.8 Å². The molecule has 1 saturated carbocycles. The normalized spacial score (nSPS) is 31.8. The third kappa shape index (κ3) is 3.54. The van der Waals surface area contributed by atoms with Gasteiger partial charge in [0.15, 0.2) is 0 Å². The molecule has 0 spiro atoms. The number of hydrogen-bond donors (Lipinski definition) is 3. The van der Waals surface area contributed by atoms with Crippen molar-refractivity contribution in [2.45, 2.75) is 50.3 Å². The van der Waals surface area contributed by atoms with Crippen molar-refractivity contribution in [2.75, 3.05) is 11.6 Å². The fourth-order valence-electron chi connectivity index (χ4n) is 2.55. The Morgan fingerprint density at radius 2 is 1.95 bits per heavy atom. The summed E-state index contributed by atoms with van der Waals surface area (Å²) in [5.41, 5.74) is 0. The van der Waals surface area contributed by atoms with Gasteiger partial charge in [0.05, 0.1) is 18.0 Å². The third-order valence-corrected chi connectivity index (χ3v) is 4.73. The number of amides is 2. The van der Waals surface area contributed by atoms with Crippen LogP contribution in [0, 0.1) is 0 Å². The van der Waals surface area contributed by atoms with Gasteiger partial charge in [-0.05, 0) is 12.8 Å². The van der Waals surface area contributed by atoms with Crippen LogP contribution in [0.5, 0.6) is 0 Å². The summed E-state index contributed by atoms with van der Waals surface area (Å²) in [7, 11) is 0. The smallest absolute Gasteiger partial charge is 0.327 e. The van der Waals surface area contributed by atoms with Crippen LogP contribution in [0.15, 0.2) is 0 Å². The number of carbonyl (C=O) groups excluding carboxylic acids is 1. The summed E-state index contributed by atoms with van der Waals surface area (Å²) < 4.78 is 0. The molecule has 0 aromatic heterocycles. The minimum atomic E-state index is -0.971. The van der Waals surface area contributed by atoms with Crippen molar-refractivity contribution < 1.29 is 19.8 Å². The molecule has 1 saturated heterocycles. The van der Waals surface area contributed by atoms with E-state index in [4.69, 9.17) is 5.11 Å². The van der Waals surface area contributed by atoms with E-state index in [0.29, 0.717) is 18.1 Å². The molecule has 7 heteroatoms. The quantitative estimate of drug-likeness (QED) is 0.655. The molecule has 3 atom stereocenters. The average Bonchev–Trinajstić information content (AvgIpc) is 2.78. The second-order valence-electron chi connectivity index (χ2n) is 5.09. The van der Waals surface area contributed by atoms with E-state index >= 15 is 0 Å². The topological polar surface area (TPSA) is 89.9 Å². The maximum absolute atomic E-state index is 12.1. The zero-order chi connectivity index (χ0) is 13.8. The van der Waals surface area contributed by atoms with Crippen LogP contribution >= 0.6 is 11.8 Å². The molecule has 1 aliphatic heterocycles. The monoisotopic (exact) mass is 288 g/mol. The molecule has 3 unspecified atom stereocenters. The van der Waals surface area contributed by atoms with Crippen LogP contribution < -0.4 is 5.32 Å². The van der Waals surface area contributed by atoms with Crippen LogP contribution in [-0.2, 0) is 4.79 Å². The zero-order valence-corrected chi connectivity index (χ0v) is 11.6. The second-order valence-corrected chi connectivity index (χ2v) is 6.08. The number of urea groups is 1. The number of aliphatic hydroxyl groups excluding tert-OH is 1. The summed E-state index contributed by atoms with van der Waals surface area (Å²) in [6.45, 7) is 0. The van der Waals surface area contributed by atoms with Gasteiger partial charge in [0.2, 0.25) is 0 Å². The summed E-state index contributed by atoms with van der Waals surface area (Å²) in [5.74, 6) is -0.150. The lowest BCUT2D eigenvalue weighted by Gasteiger charge is -2.27. The fourth-order valence-corrected chi connectivity index (χ4v) is 3.69. The predicted octanol–water partition coefficient (Wildman–Crippen LogP) is 0.849. The van der Waals surface area contributed by atoms with Gasteiger partial charge < -0.3 is 20.4 Å². The van der Waals surface area contributed by atoms with Gasteiger partial charge in [0, 0.05) is 5.75 Å². The van der Waals surface area contributed by atoms with Crippen LogP contribution in [0.1, 0.15) is 32.1 Å². The van der Waals surface area contributed by atoms with Crippen LogP contribution in [-0.4, -0.2) is 56.9 Å². The maximum Gasteiger partial charge on any atom is 0.327 e. The van der Waals surface area contributed by atoms with Gasteiger partial charge in [-0.2, -0.15) is 0 Å². The summed E-state index contributed by atoms with van der Waals surface area (Å²) in [6.07, 6.45) is 3.96. The van der Waals surface area contributed by atoms with Gasteiger partial charge >= 0.3 is 12.0 Å². The lowest BCUT2D eigenvalue weighted by molar-refractivity contribution is -0.140. The number of aliphatic carboxylic acids is 1. The molecule has 2 fully saturated rings. The highest BCUT2D eigenvalue weighted by molar-refractivity contribution is 7.99. The predicted molar refractivity (Wildman–Crippen MR) is 72.0 cm³/mol. The molecule has 6 nitrogen and oxygen atoms in total. The minimum absolute atomic E-state index is 0.255. The minimum Gasteiger partial charge on any atom is -0.480 e. The molecule has 19 heavy (non-hydrogen) atoms. The summed E-state index contributed by atoms with van der Waals surface area (Å²) in [6, 6.07) is -1.38. The zero-order valence-electron chi connectivity index (χ0n) is 10.7.